The summed E-state index contributed by atoms with van der Waals surface area (Å²) in [6.07, 6.45) is -0.763. The first-order valence-corrected chi connectivity index (χ1v) is 19.6. The summed E-state index contributed by atoms with van der Waals surface area (Å²) in [6, 6.07) is 43.3. The summed E-state index contributed by atoms with van der Waals surface area (Å²) in [6.45, 7) is 8.22. The fraction of sp³-hybridized carbons (Fsp3) is 0.302. The van der Waals surface area contributed by atoms with Crippen molar-refractivity contribution < 1.29 is 23.0 Å². The van der Waals surface area contributed by atoms with Crippen molar-refractivity contribution in [3.05, 3.63) is 161 Å². The highest BCUT2D eigenvalue weighted by Gasteiger charge is 2.39. The first-order valence-electron chi connectivity index (χ1n) is 18.1. The molecule has 2 heterocycles. The second-order valence-corrected chi connectivity index (χ2v) is 15.6. The van der Waals surface area contributed by atoms with Gasteiger partial charge in [0.15, 0.2) is 6.29 Å². The van der Waals surface area contributed by atoms with Crippen LogP contribution in [0.1, 0.15) is 47.1 Å². The Morgan fingerprint density at radius 2 is 1.31 bits per heavy atom. The summed E-state index contributed by atoms with van der Waals surface area (Å²) < 4.78 is 41.8. The van der Waals surface area contributed by atoms with Crippen molar-refractivity contribution in [2.45, 2.75) is 50.0 Å². The number of aliphatic hydroxyl groups excluding tert-OH is 1. The van der Waals surface area contributed by atoms with E-state index in [1.807, 2.05) is 36.4 Å². The molecule has 4 atom stereocenters. The van der Waals surface area contributed by atoms with Crippen molar-refractivity contribution in [2.24, 2.45) is 5.92 Å². The fourth-order valence-electron chi connectivity index (χ4n) is 7.11. The molecule has 2 N–H and O–H groups in total. The number of ether oxygens (including phenoxy) is 2. The number of nitrogens with zero attached hydrogens (tertiary/aromatic N) is 2. The number of rotatable bonds is 12. The molecule has 7 rings (SSSR count). The molecule has 2 aliphatic heterocycles. The molecule has 2 fully saturated rings. The van der Waals surface area contributed by atoms with Gasteiger partial charge >= 0.3 is 0 Å². The Hall–Kier alpha value is -4.19. The average molecular weight is 718 g/mol. The van der Waals surface area contributed by atoms with Gasteiger partial charge in [-0.05, 0) is 51.6 Å². The van der Waals surface area contributed by atoms with Gasteiger partial charge in [0, 0.05) is 57.3 Å². The summed E-state index contributed by atoms with van der Waals surface area (Å²) >= 11 is 0. The van der Waals surface area contributed by atoms with E-state index in [0.717, 1.165) is 72.6 Å². The molecule has 5 aromatic carbocycles. The summed E-state index contributed by atoms with van der Waals surface area (Å²) in [5, 5.41) is 9.64. The van der Waals surface area contributed by atoms with Gasteiger partial charge in [-0.15, -0.1) is 0 Å². The Morgan fingerprint density at radius 3 is 2.00 bits per heavy atom. The summed E-state index contributed by atoms with van der Waals surface area (Å²) in [7, 11) is -3.61. The van der Waals surface area contributed by atoms with Gasteiger partial charge in [-0.1, -0.05) is 122 Å². The maximum absolute atomic E-state index is 12.8. The van der Waals surface area contributed by atoms with E-state index >= 15 is 0 Å². The molecular formula is C43H47N3O5S. The molecule has 270 valence electrons. The molecule has 0 saturated carbocycles. The van der Waals surface area contributed by atoms with Gasteiger partial charge in [-0.2, -0.15) is 0 Å². The molecule has 0 spiro atoms. The highest BCUT2D eigenvalue weighted by atomic mass is 32.2. The standard InChI is InChI=1S/C43H47N3O5S/c1-32-41(30-46-25-23-45(24-26-46)29-33-9-4-2-5-10-33)50-43(51-42(32)37-17-15-34(31-47)16-18-37)38-21-19-36(20-22-38)39-12-8-11-35(27-39)28-44-52(48,49)40-13-6-3-7-14-40/h2-22,27,32,41-44,47H,23-26,28-31H2,1H3/t32-,41+,42+,43+/m1/s1. The Kier molecular flexibility index (Phi) is 11.6. The van der Waals surface area contributed by atoms with Crippen LogP contribution in [0.25, 0.3) is 11.1 Å². The quantitative estimate of drug-likeness (QED) is 0.145. The lowest BCUT2D eigenvalue weighted by atomic mass is 9.89. The summed E-state index contributed by atoms with van der Waals surface area (Å²) in [5.41, 5.74) is 7.12. The van der Waals surface area contributed by atoms with Gasteiger partial charge in [0.1, 0.15) is 0 Å². The zero-order chi connectivity index (χ0) is 35.9. The molecule has 5 aromatic rings. The van der Waals surface area contributed by atoms with Crippen LogP contribution in [-0.4, -0.2) is 62.2 Å². The van der Waals surface area contributed by atoms with E-state index in [1.54, 1.807) is 30.3 Å². The molecule has 0 aromatic heterocycles. The van der Waals surface area contributed by atoms with Crippen LogP contribution in [0, 0.1) is 5.92 Å². The van der Waals surface area contributed by atoms with Gasteiger partial charge in [-0.25, -0.2) is 13.1 Å². The predicted molar refractivity (Wildman–Crippen MR) is 203 cm³/mol. The lowest BCUT2D eigenvalue weighted by Gasteiger charge is -2.44. The largest absolute Gasteiger partial charge is 0.392 e. The predicted octanol–water partition coefficient (Wildman–Crippen LogP) is 6.93. The number of aliphatic hydroxyl groups is 1. The molecule has 8 nitrogen and oxygen atoms in total. The van der Waals surface area contributed by atoms with Crippen LogP contribution in [0.5, 0.6) is 0 Å². The molecule has 0 unspecified atom stereocenters. The van der Waals surface area contributed by atoms with Crippen LogP contribution in [0.15, 0.2) is 138 Å². The third kappa shape index (κ3) is 8.87. The van der Waals surface area contributed by atoms with E-state index in [0.29, 0.717) is 0 Å². The van der Waals surface area contributed by atoms with E-state index in [2.05, 4.69) is 88.2 Å². The number of piperazine rings is 1. The maximum Gasteiger partial charge on any atom is 0.240 e. The zero-order valence-electron chi connectivity index (χ0n) is 29.6. The molecular weight excluding hydrogens is 671 g/mol. The van der Waals surface area contributed by atoms with E-state index in [1.165, 1.54) is 5.56 Å². The van der Waals surface area contributed by atoms with Crippen LogP contribution in [0.3, 0.4) is 0 Å². The first-order chi connectivity index (χ1) is 25.3. The summed E-state index contributed by atoms with van der Waals surface area (Å²) in [5.74, 6) is 0.111. The van der Waals surface area contributed by atoms with E-state index < -0.39 is 16.3 Å². The smallest absolute Gasteiger partial charge is 0.240 e. The van der Waals surface area contributed by atoms with Crippen LogP contribution in [0.4, 0.5) is 0 Å². The van der Waals surface area contributed by atoms with Crippen molar-refractivity contribution in [1.29, 1.82) is 0 Å². The minimum Gasteiger partial charge on any atom is -0.392 e. The molecule has 2 aliphatic rings. The molecule has 0 amide bonds. The minimum atomic E-state index is -3.61. The monoisotopic (exact) mass is 717 g/mol. The van der Waals surface area contributed by atoms with E-state index in [9.17, 15) is 13.5 Å². The third-order valence-corrected chi connectivity index (χ3v) is 11.7. The van der Waals surface area contributed by atoms with E-state index in [4.69, 9.17) is 9.47 Å². The molecule has 52 heavy (non-hydrogen) atoms. The van der Waals surface area contributed by atoms with Crippen molar-refractivity contribution in [3.8, 4) is 11.1 Å². The van der Waals surface area contributed by atoms with Crippen molar-refractivity contribution in [1.82, 2.24) is 14.5 Å². The van der Waals surface area contributed by atoms with Gasteiger partial charge in [0.05, 0.1) is 23.7 Å². The van der Waals surface area contributed by atoms with Gasteiger partial charge < -0.3 is 14.6 Å². The summed E-state index contributed by atoms with van der Waals surface area (Å²) in [4.78, 5) is 5.29. The maximum atomic E-state index is 12.8. The zero-order valence-corrected chi connectivity index (χ0v) is 30.4. The first kappa shape index (κ1) is 36.2. The highest BCUT2D eigenvalue weighted by Crippen LogP contribution is 2.42. The van der Waals surface area contributed by atoms with Gasteiger partial charge in [0.2, 0.25) is 10.0 Å². The molecule has 9 heteroatoms. The Bertz CT molecular complexity index is 1990. The number of hydrogen-bond acceptors (Lipinski definition) is 7. The van der Waals surface area contributed by atoms with Crippen LogP contribution >= 0.6 is 0 Å². The van der Waals surface area contributed by atoms with Gasteiger partial charge in [0.25, 0.3) is 0 Å². The molecule has 0 aliphatic carbocycles. The SMILES string of the molecule is C[C@@H]1[C@H](CN2CCN(Cc3ccccc3)CC2)O[C@H](c2ccc(-c3cccc(CNS(=O)(=O)c4ccccc4)c3)cc2)O[C@@H]1c1ccc(CO)cc1. The Balaban J connectivity index is 1.04. The second-order valence-electron chi connectivity index (χ2n) is 13.8. The van der Waals surface area contributed by atoms with Crippen molar-refractivity contribution in [3.63, 3.8) is 0 Å². The van der Waals surface area contributed by atoms with Crippen LogP contribution in [-0.2, 0) is 39.2 Å². The highest BCUT2D eigenvalue weighted by molar-refractivity contribution is 7.89. The molecule has 0 radical (unpaired) electrons. The number of hydrogen-bond donors (Lipinski definition) is 2. The number of benzene rings is 5. The van der Waals surface area contributed by atoms with Gasteiger partial charge in [-0.3, -0.25) is 9.80 Å². The van der Waals surface area contributed by atoms with Crippen molar-refractivity contribution >= 4 is 10.0 Å². The second kappa shape index (κ2) is 16.7. The topological polar surface area (TPSA) is 91.3 Å². The van der Waals surface area contributed by atoms with Crippen LogP contribution in [0.2, 0.25) is 0 Å². The van der Waals surface area contributed by atoms with Crippen molar-refractivity contribution in [2.75, 3.05) is 32.7 Å². The molecule has 0 bridgehead atoms. The number of nitrogens with one attached hydrogen (secondary N) is 1. The lowest BCUT2D eigenvalue weighted by Crippen LogP contribution is -2.51. The normalized spacial score (nSPS) is 21.6. The Labute approximate surface area is 307 Å². The fourth-order valence-corrected chi connectivity index (χ4v) is 8.15. The molecule has 2 saturated heterocycles. The lowest BCUT2D eigenvalue weighted by molar-refractivity contribution is -0.276. The minimum absolute atomic E-state index is 0.00449. The third-order valence-electron chi connectivity index (χ3n) is 10.2. The van der Waals surface area contributed by atoms with Crippen LogP contribution < -0.4 is 4.72 Å². The average Bonchev–Trinajstić information content (AvgIpc) is 3.19. The number of sulfonamides is 1. The Morgan fingerprint density at radius 1 is 0.673 bits per heavy atom. The van der Waals surface area contributed by atoms with E-state index in [-0.39, 0.29) is 36.2 Å².